The van der Waals surface area contributed by atoms with Gasteiger partial charge in [-0.3, -0.25) is 9.69 Å². The summed E-state index contributed by atoms with van der Waals surface area (Å²) in [5.74, 6) is -0.171. The van der Waals surface area contributed by atoms with Gasteiger partial charge in [-0.15, -0.1) is 0 Å². The lowest BCUT2D eigenvalue weighted by atomic mass is 10.0. The molecule has 1 fully saturated rings. The zero-order valence-electron chi connectivity index (χ0n) is 23.3. The third-order valence-electron chi connectivity index (χ3n) is 8.40. The molecule has 2 atom stereocenters. The smallest absolute Gasteiger partial charge is 0.241 e. The highest BCUT2D eigenvalue weighted by atomic mass is 32.2. The third kappa shape index (κ3) is 6.53. The summed E-state index contributed by atoms with van der Waals surface area (Å²) in [6, 6.07) is 28.0. The first kappa shape index (κ1) is 27.6. The molecule has 212 valence electrons. The maximum atomic E-state index is 13.5. The summed E-state index contributed by atoms with van der Waals surface area (Å²) < 4.78 is 29.8. The first-order valence-corrected chi connectivity index (χ1v) is 16.1. The van der Waals surface area contributed by atoms with Crippen molar-refractivity contribution in [3.8, 4) is 0 Å². The average Bonchev–Trinajstić information content (AvgIpc) is 3.39. The molecule has 4 aromatic carbocycles. The number of sulfonamides is 1. The van der Waals surface area contributed by atoms with E-state index in [1.165, 1.54) is 49.0 Å². The monoisotopic (exact) mass is 567 g/mol. The topological polar surface area (TPSA) is 78.5 Å². The lowest BCUT2D eigenvalue weighted by molar-refractivity contribution is -0.122. The second-order valence-corrected chi connectivity index (χ2v) is 13.0. The Hall–Kier alpha value is -3.52. The molecule has 2 N–H and O–H groups in total. The first-order chi connectivity index (χ1) is 19.9. The van der Waals surface area contributed by atoms with Crippen molar-refractivity contribution in [1.82, 2.24) is 14.9 Å². The van der Waals surface area contributed by atoms with Gasteiger partial charge in [0.05, 0.1) is 17.0 Å². The van der Waals surface area contributed by atoms with Crippen molar-refractivity contribution >= 4 is 26.7 Å². The fraction of sp³-hybridized carbons (Fsp3) is 0.324. The van der Waals surface area contributed by atoms with E-state index in [9.17, 15) is 13.2 Å². The van der Waals surface area contributed by atoms with Gasteiger partial charge in [0.15, 0.2) is 0 Å². The maximum absolute atomic E-state index is 13.5. The number of carbonyl (C=O) groups excluding carboxylic acids is 1. The molecule has 0 saturated carbocycles. The normalized spacial score (nSPS) is 18.2. The molecule has 0 aromatic heterocycles. The van der Waals surface area contributed by atoms with Gasteiger partial charge in [-0.25, -0.2) is 13.1 Å². The van der Waals surface area contributed by atoms with E-state index < -0.39 is 16.1 Å². The van der Waals surface area contributed by atoms with Crippen molar-refractivity contribution in [1.29, 1.82) is 0 Å². The van der Waals surface area contributed by atoms with Crippen LogP contribution in [0.1, 0.15) is 66.4 Å². The maximum Gasteiger partial charge on any atom is 0.241 e. The minimum absolute atomic E-state index is 0.00962. The number of hydrogen-bond donors (Lipinski definition) is 2. The standard InChI is InChI=1S/C34H37N3O3S/c38-34(35-32-18-15-29-21-25(13-17-31(29)32)24-37-19-7-2-8-20-37)23-33(27-10-3-1-4-11-27)36-41(39,40)30-16-14-26-9-5-6-12-28(26)22-30/h1,3-6,9-14,16-17,21-22,32-33,36H,2,7-8,15,18-20,23-24H2,(H,35,38). The van der Waals surface area contributed by atoms with E-state index in [4.69, 9.17) is 0 Å². The predicted octanol–water partition coefficient (Wildman–Crippen LogP) is 6.04. The van der Waals surface area contributed by atoms with Crippen LogP contribution in [0.5, 0.6) is 0 Å². The van der Waals surface area contributed by atoms with Crippen LogP contribution in [0.25, 0.3) is 10.8 Å². The van der Waals surface area contributed by atoms with Crippen molar-refractivity contribution in [2.24, 2.45) is 0 Å². The fourth-order valence-corrected chi connectivity index (χ4v) is 7.50. The average molecular weight is 568 g/mol. The minimum atomic E-state index is -3.87. The Labute approximate surface area is 242 Å². The van der Waals surface area contributed by atoms with Crippen LogP contribution in [-0.4, -0.2) is 32.3 Å². The molecule has 2 aliphatic rings. The highest BCUT2D eigenvalue weighted by molar-refractivity contribution is 7.89. The van der Waals surface area contributed by atoms with Gasteiger partial charge in [0.25, 0.3) is 0 Å². The van der Waals surface area contributed by atoms with Crippen LogP contribution in [0, 0.1) is 0 Å². The summed E-state index contributed by atoms with van der Waals surface area (Å²) in [6.45, 7) is 3.33. The Kier molecular flexibility index (Phi) is 8.19. The second kappa shape index (κ2) is 12.1. The van der Waals surface area contributed by atoms with Gasteiger partial charge in [-0.05, 0) is 83.9 Å². The molecular formula is C34H37N3O3S. The molecule has 0 radical (unpaired) electrons. The van der Waals surface area contributed by atoms with Crippen molar-refractivity contribution in [3.05, 3.63) is 113 Å². The largest absolute Gasteiger partial charge is 0.349 e. The molecule has 1 amide bonds. The van der Waals surface area contributed by atoms with Crippen molar-refractivity contribution in [2.75, 3.05) is 13.1 Å². The van der Waals surface area contributed by atoms with Gasteiger partial charge in [-0.1, -0.05) is 85.3 Å². The van der Waals surface area contributed by atoms with Gasteiger partial charge >= 0.3 is 0 Å². The molecule has 1 aliphatic carbocycles. The molecule has 0 spiro atoms. The lowest BCUT2D eigenvalue weighted by Gasteiger charge is -2.26. The van der Waals surface area contributed by atoms with E-state index in [0.717, 1.165) is 35.7 Å². The van der Waals surface area contributed by atoms with Crippen molar-refractivity contribution < 1.29 is 13.2 Å². The SMILES string of the molecule is O=C(CC(NS(=O)(=O)c1ccc2ccccc2c1)c1ccccc1)NC1CCc2cc(CN3CCCCC3)ccc21. The quantitative estimate of drug-likeness (QED) is 0.259. The highest BCUT2D eigenvalue weighted by Gasteiger charge is 2.28. The van der Waals surface area contributed by atoms with E-state index in [2.05, 4.69) is 33.1 Å². The number of piperidine rings is 1. The van der Waals surface area contributed by atoms with Crippen LogP contribution in [0.2, 0.25) is 0 Å². The predicted molar refractivity (Wildman–Crippen MR) is 163 cm³/mol. The molecule has 1 heterocycles. The molecule has 41 heavy (non-hydrogen) atoms. The number of aryl methyl sites for hydroxylation is 1. The highest BCUT2D eigenvalue weighted by Crippen LogP contribution is 2.33. The molecule has 1 saturated heterocycles. The Morgan fingerprint density at radius 1 is 0.854 bits per heavy atom. The van der Waals surface area contributed by atoms with E-state index in [1.54, 1.807) is 12.1 Å². The molecule has 1 aliphatic heterocycles. The molecule has 4 aromatic rings. The Bertz CT molecular complexity index is 1630. The van der Waals surface area contributed by atoms with Crippen LogP contribution >= 0.6 is 0 Å². The van der Waals surface area contributed by atoms with Crippen LogP contribution < -0.4 is 10.0 Å². The minimum Gasteiger partial charge on any atom is -0.349 e. The Morgan fingerprint density at radius 3 is 2.41 bits per heavy atom. The summed E-state index contributed by atoms with van der Waals surface area (Å²) in [6.07, 6.45) is 5.69. The lowest BCUT2D eigenvalue weighted by Crippen LogP contribution is -2.35. The number of benzene rings is 4. The van der Waals surface area contributed by atoms with Crippen LogP contribution in [0.3, 0.4) is 0 Å². The van der Waals surface area contributed by atoms with E-state index in [0.29, 0.717) is 0 Å². The van der Waals surface area contributed by atoms with E-state index >= 15 is 0 Å². The summed E-state index contributed by atoms with van der Waals surface area (Å²) in [4.78, 5) is 16.1. The number of nitrogens with one attached hydrogen (secondary N) is 2. The van der Waals surface area contributed by atoms with E-state index in [1.807, 2.05) is 60.7 Å². The number of nitrogens with zero attached hydrogens (tertiary/aromatic N) is 1. The molecular weight excluding hydrogens is 530 g/mol. The third-order valence-corrected chi connectivity index (χ3v) is 9.86. The first-order valence-electron chi connectivity index (χ1n) is 14.6. The van der Waals surface area contributed by atoms with Gasteiger partial charge in [0.1, 0.15) is 0 Å². The van der Waals surface area contributed by atoms with Crippen molar-refractivity contribution in [2.45, 2.75) is 62.0 Å². The number of hydrogen-bond acceptors (Lipinski definition) is 4. The molecule has 6 rings (SSSR count). The Morgan fingerprint density at radius 2 is 1.61 bits per heavy atom. The van der Waals surface area contributed by atoms with Crippen molar-refractivity contribution in [3.63, 3.8) is 0 Å². The Balaban J connectivity index is 1.15. The van der Waals surface area contributed by atoms with Gasteiger partial charge in [0.2, 0.25) is 15.9 Å². The van der Waals surface area contributed by atoms with Gasteiger partial charge in [-0.2, -0.15) is 0 Å². The zero-order chi connectivity index (χ0) is 28.2. The van der Waals surface area contributed by atoms with Gasteiger partial charge in [0, 0.05) is 13.0 Å². The van der Waals surface area contributed by atoms with Crippen LogP contribution in [-0.2, 0) is 27.8 Å². The van der Waals surface area contributed by atoms with Crippen LogP contribution in [0.4, 0.5) is 0 Å². The molecule has 6 nitrogen and oxygen atoms in total. The summed E-state index contributed by atoms with van der Waals surface area (Å²) in [7, 11) is -3.87. The number of fused-ring (bicyclic) bond motifs is 2. The number of rotatable bonds is 9. The number of carbonyl (C=O) groups is 1. The van der Waals surface area contributed by atoms with E-state index in [-0.39, 0.29) is 23.3 Å². The summed E-state index contributed by atoms with van der Waals surface area (Å²) in [5.41, 5.74) is 4.57. The van der Waals surface area contributed by atoms with Crippen LogP contribution in [0.15, 0.2) is 95.9 Å². The number of amides is 1. The second-order valence-electron chi connectivity index (χ2n) is 11.3. The zero-order valence-corrected chi connectivity index (χ0v) is 24.1. The summed E-state index contributed by atoms with van der Waals surface area (Å²) in [5, 5.41) is 5.03. The summed E-state index contributed by atoms with van der Waals surface area (Å²) >= 11 is 0. The molecule has 2 unspecified atom stereocenters. The molecule has 7 heteroatoms. The molecule has 0 bridgehead atoms. The van der Waals surface area contributed by atoms with Gasteiger partial charge < -0.3 is 5.32 Å². The fourth-order valence-electron chi connectivity index (χ4n) is 6.24. The number of likely N-dealkylation sites (tertiary alicyclic amines) is 1.